The zero-order valence-corrected chi connectivity index (χ0v) is 23.3. The van der Waals surface area contributed by atoms with Crippen LogP contribution in [0.3, 0.4) is 0 Å². The van der Waals surface area contributed by atoms with Gasteiger partial charge in [0, 0.05) is 23.8 Å². The molecule has 7 rings (SSSR count). The first-order valence-corrected chi connectivity index (χ1v) is 14.3. The molecule has 8 nitrogen and oxygen atoms in total. The molecule has 212 valence electrons. The fraction of sp³-hybridized carbons (Fsp3) is 0.143. The summed E-state index contributed by atoms with van der Waals surface area (Å²) in [5, 5.41) is 21.3. The Labute approximate surface area is 248 Å². The molecule has 1 aliphatic carbocycles. The molecule has 0 bridgehead atoms. The van der Waals surface area contributed by atoms with Crippen LogP contribution in [0.2, 0.25) is 0 Å². The minimum atomic E-state index is -1.01. The summed E-state index contributed by atoms with van der Waals surface area (Å²) in [5.74, 6) is 0.387. The summed E-state index contributed by atoms with van der Waals surface area (Å²) >= 11 is 0. The maximum absolute atomic E-state index is 11.5. The van der Waals surface area contributed by atoms with Gasteiger partial charge in [0.25, 0.3) is 0 Å². The summed E-state index contributed by atoms with van der Waals surface area (Å²) in [6.45, 7) is 0. The largest absolute Gasteiger partial charge is 0.465 e. The van der Waals surface area contributed by atoms with Crippen molar-refractivity contribution in [1.29, 1.82) is 0 Å². The number of aromatic nitrogens is 4. The number of nitrogens with one attached hydrogen (secondary N) is 1. The average molecular weight is 568 g/mol. The van der Waals surface area contributed by atoms with E-state index in [0.29, 0.717) is 12.3 Å². The molecule has 0 radical (unpaired) electrons. The van der Waals surface area contributed by atoms with Crippen molar-refractivity contribution in [3.05, 3.63) is 144 Å². The van der Waals surface area contributed by atoms with Gasteiger partial charge in [-0.1, -0.05) is 97.1 Å². The smallest absolute Gasteiger partial charge is 0.404 e. The van der Waals surface area contributed by atoms with Gasteiger partial charge in [-0.05, 0) is 53.2 Å². The SMILES string of the molecule is O=C(O)NC1CCC=C(c2ccnc3c2c(-c2nnco2)cn3C(c2ccccc2)(c2ccccc2)c2ccccc2)C1. The van der Waals surface area contributed by atoms with E-state index >= 15 is 0 Å². The predicted octanol–water partition coefficient (Wildman–Crippen LogP) is 7.13. The maximum Gasteiger partial charge on any atom is 0.404 e. The van der Waals surface area contributed by atoms with E-state index in [-0.39, 0.29) is 6.04 Å². The molecular weight excluding hydrogens is 538 g/mol. The lowest BCUT2D eigenvalue weighted by Gasteiger charge is -2.38. The van der Waals surface area contributed by atoms with Gasteiger partial charge in [0.05, 0.1) is 5.56 Å². The van der Waals surface area contributed by atoms with Gasteiger partial charge in [0.2, 0.25) is 12.3 Å². The molecule has 1 amide bonds. The van der Waals surface area contributed by atoms with Crippen LogP contribution in [0.15, 0.2) is 126 Å². The van der Waals surface area contributed by atoms with Gasteiger partial charge in [0.1, 0.15) is 11.2 Å². The predicted molar refractivity (Wildman–Crippen MR) is 164 cm³/mol. The molecule has 3 aromatic heterocycles. The number of amides is 1. The third kappa shape index (κ3) is 4.57. The molecule has 3 aromatic carbocycles. The van der Waals surface area contributed by atoms with Gasteiger partial charge in [-0.25, -0.2) is 9.78 Å². The molecule has 0 fully saturated rings. The van der Waals surface area contributed by atoms with E-state index < -0.39 is 11.6 Å². The summed E-state index contributed by atoms with van der Waals surface area (Å²) in [7, 11) is 0. The number of benzene rings is 3. The topological polar surface area (TPSA) is 106 Å². The molecule has 1 unspecified atom stereocenters. The number of fused-ring (bicyclic) bond motifs is 1. The van der Waals surface area contributed by atoms with Crippen molar-refractivity contribution in [1.82, 2.24) is 25.1 Å². The Balaban J connectivity index is 1.57. The van der Waals surface area contributed by atoms with Crippen molar-refractivity contribution in [2.24, 2.45) is 0 Å². The van der Waals surface area contributed by atoms with Crippen LogP contribution in [0.5, 0.6) is 0 Å². The third-order valence-corrected chi connectivity index (χ3v) is 8.26. The van der Waals surface area contributed by atoms with Crippen LogP contribution in [-0.4, -0.2) is 37.0 Å². The summed E-state index contributed by atoms with van der Waals surface area (Å²) in [6.07, 6.45) is 8.50. The number of hydrogen-bond donors (Lipinski definition) is 2. The van der Waals surface area contributed by atoms with Crippen LogP contribution in [0.25, 0.3) is 28.1 Å². The Morgan fingerprint density at radius 2 is 1.51 bits per heavy atom. The van der Waals surface area contributed by atoms with E-state index in [1.54, 1.807) is 0 Å². The number of allylic oxidation sites excluding steroid dienone is 1. The molecule has 2 N–H and O–H groups in total. The van der Waals surface area contributed by atoms with Crippen molar-refractivity contribution >= 4 is 22.7 Å². The molecule has 6 aromatic rings. The highest BCUT2D eigenvalue weighted by molar-refractivity contribution is 6.01. The highest BCUT2D eigenvalue weighted by Crippen LogP contribution is 2.46. The van der Waals surface area contributed by atoms with Crippen LogP contribution in [-0.2, 0) is 5.54 Å². The van der Waals surface area contributed by atoms with E-state index in [9.17, 15) is 9.90 Å². The van der Waals surface area contributed by atoms with Crippen molar-refractivity contribution < 1.29 is 14.3 Å². The number of pyridine rings is 1. The standard InChI is InChI=1S/C35H29N5O3/c41-34(42)38-28-18-10-11-24(21-28)29-19-20-36-32-31(29)30(33-39-37-23-43-33)22-40(32)35(25-12-4-1-5-13-25,26-14-6-2-7-15-26)27-16-8-3-9-17-27/h1-9,11-17,19-20,22-23,28,38H,10,18,21H2,(H,41,42). The van der Waals surface area contributed by atoms with Crippen LogP contribution in [0, 0.1) is 0 Å². The first-order valence-electron chi connectivity index (χ1n) is 14.3. The molecule has 0 spiro atoms. The van der Waals surface area contributed by atoms with E-state index in [1.165, 1.54) is 6.39 Å². The number of hydrogen-bond acceptors (Lipinski definition) is 5. The second-order valence-electron chi connectivity index (χ2n) is 10.7. The lowest BCUT2D eigenvalue weighted by atomic mass is 9.76. The van der Waals surface area contributed by atoms with Gasteiger partial charge in [-0.15, -0.1) is 10.2 Å². The van der Waals surface area contributed by atoms with Crippen molar-refractivity contribution in [2.45, 2.75) is 30.8 Å². The monoisotopic (exact) mass is 567 g/mol. The Morgan fingerprint density at radius 3 is 2.07 bits per heavy atom. The molecule has 0 saturated heterocycles. The lowest BCUT2D eigenvalue weighted by molar-refractivity contribution is 0.189. The first-order chi connectivity index (χ1) is 21.2. The van der Waals surface area contributed by atoms with Crippen LogP contribution in [0.1, 0.15) is 41.5 Å². The minimum Gasteiger partial charge on any atom is -0.465 e. The fourth-order valence-corrected chi connectivity index (χ4v) is 6.51. The minimum absolute atomic E-state index is 0.174. The highest BCUT2D eigenvalue weighted by Gasteiger charge is 2.41. The van der Waals surface area contributed by atoms with E-state index in [2.05, 4.69) is 105 Å². The Morgan fingerprint density at radius 1 is 0.884 bits per heavy atom. The van der Waals surface area contributed by atoms with Crippen molar-refractivity contribution in [3.8, 4) is 11.5 Å². The normalized spacial score (nSPS) is 15.3. The zero-order valence-electron chi connectivity index (χ0n) is 23.3. The summed E-state index contributed by atoms with van der Waals surface area (Å²) in [5.41, 5.74) is 5.93. The van der Waals surface area contributed by atoms with Gasteiger partial charge in [0.15, 0.2) is 0 Å². The number of rotatable bonds is 7. The van der Waals surface area contributed by atoms with Crippen molar-refractivity contribution in [2.75, 3.05) is 0 Å². The second kappa shape index (κ2) is 11.1. The molecular formula is C35H29N5O3. The summed E-state index contributed by atoms with van der Waals surface area (Å²) in [6, 6.07) is 33.1. The average Bonchev–Trinajstić information content (AvgIpc) is 3.72. The highest BCUT2D eigenvalue weighted by atomic mass is 16.4. The Hall–Kier alpha value is -5.50. The lowest BCUT2D eigenvalue weighted by Crippen LogP contribution is -2.37. The molecule has 0 saturated carbocycles. The summed E-state index contributed by atoms with van der Waals surface area (Å²) in [4.78, 5) is 16.5. The van der Waals surface area contributed by atoms with E-state index in [1.807, 2.05) is 30.5 Å². The second-order valence-corrected chi connectivity index (χ2v) is 10.7. The third-order valence-electron chi connectivity index (χ3n) is 8.26. The van der Waals surface area contributed by atoms with Crippen LogP contribution in [0.4, 0.5) is 4.79 Å². The van der Waals surface area contributed by atoms with Gasteiger partial charge in [-0.2, -0.15) is 0 Å². The van der Waals surface area contributed by atoms with Gasteiger partial charge in [-0.3, -0.25) is 0 Å². The van der Waals surface area contributed by atoms with Crippen molar-refractivity contribution in [3.63, 3.8) is 0 Å². The van der Waals surface area contributed by atoms with Gasteiger partial charge >= 0.3 is 6.09 Å². The number of nitrogens with zero attached hydrogens (tertiary/aromatic N) is 4. The zero-order chi connectivity index (χ0) is 29.2. The Bertz CT molecular complexity index is 1800. The number of carbonyl (C=O) groups is 1. The first kappa shape index (κ1) is 26.4. The summed E-state index contributed by atoms with van der Waals surface area (Å²) < 4.78 is 8.04. The van der Waals surface area contributed by atoms with Gasteiger partial charge < -0.3 is 19.4 Å². The Kier molecular flexibility index (Phi) is 6.79. The van der Waals surface area contributed by atoms with E-state index in [0.717, 1.165) is 57.3 Å². The quantitative estimate of drug-likeness (QED) is 0.199. The van der Waals surface area contributed by atoms with Crippen LogP contribution >= 0.6 is 0 Å². The van der Waals surface area contributed by atoms with Crippen LogP contribution < -0.4 is 5.32 Å². The molecule has 43 heavy (non-hydrogen) atoms. The molecule has 0 aliphatic heterocycles. The molecule has 1 aliphatic rings. The van der Waals surface area contributed by atoms with E-state index in [4.69, 9.17) is 9.40 Å². The molecule has 1 atom stereocenters. The molecule has 8 heteroatoms. The molecule has 3 heterocycles. The fourth-order valence-electron chi connectivity index (χ4n) is 6.51. The maximum atomic E-state index is 11.5. The number of carboxylic acid groups (broad SMARTS) is 1.